The van der Waals surface area contributed by atoms with Gasteiger partial charge >= 0.3 is 0 Å². The van der Waals surface area contributed by atoms with E-state index in [9.17, 15) is 0 Å². The number of likely N-dealkylation sites (N-methyl/N-ethyl adjacent to an activating group) is 1. The lowest BCUT2D eigenvalue weighted by molar-refractivity contribution is 0.154. The highest BCUT2D eigenvalue weighted by Gasteiger charge is 2.06. The van der Waals surface area contributed by atoms with Gasteiger partial charge in [0.05, 0.1) is 6.61 Å². The van der Waals surface area contributed by atoms with Crippen LogP contribution in [0.3, 0.4) is 0 Å². The predicted octanol–water partition coefficient (Wildman–Crippen LogP) is 0.584. The Morgan fingerprint density at radius 2 is 2.38 bits per heavy atom. The third-order valence-corrected chi connectivity index (χ3v) is 2.22. The van der Waals surface area contributed by atoms with Crippen LogP contribution in [0, 0.1) is 0 Å². The van der Waals surface area contributed by atoms with Gasteiger partial charge in [0, 0.05) is 26.4 Å². The molecule has 0 aliphatic rings. The predicted molar refractivity (Wildman–Crippen MR) is 67.7 cm³/mol. The van der Waals surface area contributed by atoms with Crippen molar-refractivity contribution in [2.24, 2.45) is 5.73 Å². The van der Waals surface area contributed by atoms with Gasteiger partial charge in [-0.15, -0.1) is 0 Å². The fourth-order valence-electron chi connectivity index (χ4n) is 1.12. The maximum Gasteiger partial charge on any atom is 0.225 e. The average molecular weight is 240 g/mol. The molecule has 1 heterocycles. The van der Waals surface area contributed by atoms with E-state index >= 15 is 0 Å². The van der Waals surface area contributed by atoms with E-state index in [1.807, 2.05) is 18.9 Å². The first-order chi connectivity index (χ1) is 7.65. The molecule has 0 spiro atoms. The van der Waals surface area contributed by atoms with Crippen molar-refractivity contribution in [3.8, 4) is 0 Å². The van der Waals surface area contributed by atoms with Gasteiger partial charge < -0.3 is 15.4 Å². The normalized spacial score (nSPS) is 10.1. The summed E-state index contributed by atoms with van der Waals surface area (Å²) >= 11 is 4.86. The molecule has 2 N–H and O–H groups in total. The number of rotatable bonds is 6. The summed E-state index contributed by atoms with van der Waals surface area (Å²) in [5.74, 6) is 0.602. The van der Waals surface area contributed by atoms with E-state index < -0.39 is 0 Å². The Morgan fingerprint density at radius 3 is 3.00 bits per heavy atom. The maximum atomic E-state index is 5.50. The summed E-state index contributed by atoms with van der Waals surface area (Å²) in [4.78, 5) is 10.6. The second-order valence-corrected chi connectivity index (χ2v) is 3.66. The zero-order valence-corrected chi connectivity index (χ0v) is 10.3. The highest BCUT2D eigenvalue weighted by atomic mass is 32.1. The van der Waals surface area contributed by atoms with E-state index in [2.05, 4.69) is 9.97 Å². The molecule has 0 atom stereocenters. The third kappa shape index (κ3) is 3.71. The topological polar surface area (TPSA) is 64.3 Å². The van der Waals surface area contributed by atoms with Crippen molar-refractivity contribution in [2.75, 3.05) is 31.7 Å². The largest absolute Gasteiger partial charge is 0.388 e. The van der Waals surface area contributed by atoms with Crippen molar-refractivity contribution in [3.63, 3.8) is 0 Å². The first-order valence-corrected chi connectivity index (χ1v) is 5.47. The van der Waals surface area contributed by atoms with Crippen molar-refractivity contribution < 1.29 is 4.74 Å². The summed E-state index contributed by atoms with van der Waals surface area (Å²) < 4.78 is 5.26. The van der Waals surface area contributed by atoms with E-state index in [1.165, 1.54) is 0 Å². The summed E-state index contributed by atoms with van der Waals surface area (Å²) in [6, 6.07) is 1.70. The van der Waals surface area contributed by atoms with Gasteiger partial charge in [-0.1, -0.05) is 12.2 Å². The lowest BCUT2D eigenvalue weighted by Crippen LogP contribution is -2.25. The Hall–Kier alpha value is -1.27. The lowest BCUT2D eigenvalue weighted by atomic mass is 10.4. The summed E-state index contributed by atoms with van der Waals surface area (Å²) in [5.41, 5.74) is 6.09. The minimum Gasteiger partial charge on any atom is -0.388 e. The molecule has 1 aromatic heterocycles. The molecule has 6 heteroatoms. The van der Waals surface area contributed by atoms with Crippen LogP contribution >= 0.6 is 12.2 Å². The quantitative estimate of drug-likeness (QED) is 0.580. The number of thiocarbonyl (C=S) groups is 1. The Bertz CT molecular complexity index is 358. The van der Waals surface area contributed by atoms with Crippen LogP contribution in [0.25, 0.3) is 0 Å². The first kappa shape index (κ1) is 12.8. The Balaban J connectivity index is 2.64. The number of nitrogens with zero attached hydrogens (tertiary/aromatic N) is 3. The SMILES string of the molecule is CCOCCN(C)c1nccc(C(N)=S)n1. The van der Waals surface area contributed by atoms with Crippen LogP contribution in [0.1, 0.15) is 12.6 Å². The van der Waals surface area contributed by atoms with Gasteiger partial charge in [0.15, 0.2) is 0 Å². The van der Waals surface area contributed by atoms with Gasteiger partial charge in [0.25, 0.3) is 0 Å². The molecular weight excluding hydrogens is 224 g/mol. The molecule has 0 aromatic carbocycles. The molecule has 0 radical (unpaired) electrons. The molecule has 0 unspecified atom stereocenters. The standard InChI is InChI=1S/C10H16N4OS/c1-3-15-7-6-14(2)10-12-5-4-8(13-10)9(11)16/h4-5H,3,6-7H2,1-2H3,(H2,11,16). The molecule has 0 bridgehead atoms. The molecule has 0 amide bonds. The number of ether oxygens (including phenoxy) is 1. The van der Waals surface area contributed by atoms with Crippen LogP contribution in [0.15, 0.2) is 12.3 Å². The molecule has 0 fully saturated rings. The van der Waals surface area contributed by atoms with Crippen molar-refractivity contribution in [1.29, 1.82) is 0 Å². The molecule has 0 saturated carbocycles. The van der Waals surface area contributed by atoms with Crippen LogP contribution in [0.4, 0.5) is 5.95 Å². The maximum absolute atomic E-state index is 5.50. The minimum atomic E-state index is 0.279. The highest BCUT2D eigenvalue weighted by molar-refractivity contribution is 7.80. The van der Waals surface area contributed by atoms with Gasteiger partial charge in [0.1, 0.15) is 10.7 Å². The van der Waals surface area contributed by atoms with Crippen molar-refractivity contribution >= 4 is 23.2 Å². The zero-order valence-electron chi connectivity index (χ0n) is 9.51. The van der Waals surface area contributed by atoms with Crippen LogP contribution in [-0.2, 0) is 4.74 Å². The summed E-state index contributed by atoms with van der Waals surface area (Å²) in [7, 11) is 1.90. The van der Waals surface area contributed by atoms with Crippen LogP contribution < -0.4 is 10.6 Å². The van der Waals surface area contributed by atoms with Crippen molar-refractivity contribution in [1.82, 2.24) is 9.97 Å². The van der Waals surface area contributed by atoms with Gasteiger partial charge in [0.2, 0.25) is 5.95 Å². The molecule has 0 aliphatic carbocycles. The monoisotopic (exact) mass is 240 g/mol. The Labute approximate surface area is 101 Å². The second-order valence-electron chi connectivity index (χ2n) is 3.22. The molecule has 0 aliphatic heterocycles. The highest BCUT2D eigenvalue weighted by Crippen LogP contribution is 2.05. The Kier molecular flexibility index (Phi) is 5.07. The van der Waals surface area contributed by atoms with Gasteiger partial charge in [-0.25, -0.2) is 9.97 Å². The number of nitrogens with two attached hydrogens (primary N) is 1. The minimum absolute atomic E-state index is 0.279. The van der Waals surface area contributed by atoms with E-state index in [1.54, 1.807) is 12.3 Å². The molecule has 16 heavy (non-hydrogen) atoms. The van der Waals surface area contributed by atoms with Gasteiger partial charge in [-0.05, 0) is 13.0 Å². The fourth-order valence-corrected chi connectivity index (χ4v) is 1.23. The van der Waals surface area contributed by atoms with Crippen molar-refractivity contribution in [3.05, 3.63) is 18.0 Å². The molecule has 5 nitrogen and oxygen atoms in total. The van der Waals surface area contributed by atoms with Crippen molar-refractivity contribution in [2.45, 2.75) is 6.92 Å². The molecule has 88 valence electrons. The van der Waals surface area contributed by atoms with E-state index in [-0.39, 0.29) is 4.99 Å². The van der Waals surface area contributed by atoms with E-state index in [4.69, 9.17) is 22.7 Å². The number of aromatic nitrogens is 2. The molecular formula is C10H16N4OS. The van der Waals surface area contributed by atoms with Gasteiger partial charge in [-0.2, -0.15) is 0 Å². The lowest BCUT2D eigenvalue weighted by Gasteiger charge is -2.16. The summed E-state index contributed by atoms with van der Waals surface area (Å²) in [5, 5.41) is 0. The van der Waals surface area contributed by atoms with Crippen LogP contribution in [-0.4, -0.2) is 41.8 Å². The number of hydrogen-bond acceptors (Lipinski definition) is 5. The zero-order chi connectivity index (χ0) is 12.0. The summed E-state index contributed by atoms with van der Waals surface area (Å²) in [6.45, 7) is 4.05. The molecule has 1 aromatic rings. The first-order valence-electron chi connectivity index (χ1n) is 5.07. The van der Waals surface area contributed by atoms with Gasteiger partial charge in [-0.3, -0.25) is 0 Å². The van der Waals surface area contributed by atoms with Crippen LogP contribution in [0.5, 0.6) is 0 Å². The smallest absolute Gasteiger partial charge is 0.225 e. The van der Waals surface area contributed by atoms with Crippen LogP contribution in [0.2, 0.25) is 0 Å². The molecule has 0 saturated heterocycles. The third-order valence-electron chi connectivity index (χ3n) is 2.01. The Morgan fingerprint density at radius 1 is 1.62 bits per heavy atom. The van der Waals surface area contributed by atoms with E-state index in [0.717, 1.165) is 6.54 Å². The number of hydrogen-bond donors (Lipinski definition) is 1. The average Bonchev–Trinajstić information content (AvgIpc) is 2.29. The number of anilines is 1. The summed E-state index contributed by atoms with van der Waals surface area (Å²) in [6.07, 6.45) is 1.65. The second kappa shape index (κ2) is 6.34. The molecule has 1 rings (SSSR count). The van der Waals surface area contributed by atoms with E-state index in [0.29, 0.717) is 24.9 Å². The fraction of sp³-hybridized carbons (Fsp3) is 0.500.